The maximum absolute atomic E-state index is 13.9. The van der Waals surface area contributed by atoms with Crippen LogP contribution in [0.2, 0.25) is 0 Å². The minimum atomic E-state index is -0.289. The lowest BCUT2D eigenvalue weighted by atomic mass is 9.86. The van der Waals surface area contributed by atoms with Gasteiger partial charge in [0.1, 0.15) is 5.82 Å². The van der Waals surface area contributed by atoms with E-state index in [4.69, 9.17) is 0 Å². The molecule has 0 unspecified atom stereocenters. The van der Waals surface area contributed by atoms with Gasteiger partial charge in [0.2, 0.25) is 0 Å². The summed E-state index contributed by atoms with van der Waals surface area (Å²) in [7, 11) is 0. The summed E-state index contributed by atoms with van der Waals surface area (Å²) in [5.41, 5.74) is 0.938. The smallest absolute Gasteiger partial charge is 0.152 e. The van der Waals surface area contributed by atoms with Crippen molar-refractivity contribution in [3.63, 3.8) is 0 Å². The summed E-state index contributed by atoms with van der Waals surface area (Å²) in [6.45, 7) is 6.15. The normalized spacial score (nSPS) is 17.2. The number of carbonyl (C=O) groups is 1. The van der Waals surface area contributed by atoms with E-state index in [9.17, 15) is 9.18 Å². The fourth-order valence-corrected chi connectivity index (χ4v) is 2.75. The molecule has 1 fully saturated rings. The van der Waals surface area contributed by atoms with Crippen LogP contribution in [-0.2, 0) is 0 Å². The third kappa shape index (κ3) is 2.55. The molecule has 1 aliphatic heterocycles. The molecule has 1 heterocycles. The van der Waals surface area contributed by atoms with Crippen molar-refractivity contribution in [2.75, 3.05) is 18.0 Å². The zero-order chi connectivity index (χ0) is 13.1. The van der Waals surface area contributed by atoms with Gasteiger partial charge in [-0.05, 0) is 36.8 Å². The molecule has 2 rings (SSSR count). The van der Waals surface area contributed by atoms with Crippen LogP contribution in [0, 0.1) is 17.7 Å². The quantitative estimate of drug-likeness (QED) is 0.764. The average molecular weight is 249 g/mol. The molecule has 0 radical (unpaired) electrons. The van der Waals surface area contributed by atoms with E-state index in [1.807, 2.05) is 4.90 Å². The van der Waals surface area contributed by atoms with E-state index in [2.05, 4.69) is 13.8 Å². The molecule has 0 atom stereocenters. The Balaban J connectivity index is 2.17. The lowest BCUT2D eigenvalue weighted by Gasteiger charge is -2.36. The molecule has 18 heavy (non-hydrogen) atoms. The van der Waals surface area contributed by atoms with E-state index in [1.54, 1.807) is 12.1 Å². The minimum absolute atomic E-state index is 0.289. The molecule has 0 saturated carbocycles. The van der Waals surface area contributed by atoms with Gasteiger partial charge in [0.15, 0.2) is 6.29 Å². The number of rotatable bonds is 3. The molecule has 1 aromatic rings. The van der Waals surface area contributed by atoms with Gasteiger partial charge in [-0.2, -0.15) is 0 Å². The molecule has 0 amide bonds. The predicted molar refractivity (Wildman–Crippen MR) is 71.6 cm³/mol. The van der Waals surface area contributed by atoms with Crippen LogP contribution in [0.3, 0.4) is 0 Å². The number of halogens is 1. The third-order valence-electron chi connectivity index (χ3n) is 3.94. The summed E-state index contributed by atoms with van der Waals surface area (Å²) in [5.74, 6) is 1.11. The molecule has 2 nitrogen and oxygen atoms in total. The fraction of sp³-hybridized carbons (Fsp3) is 0.533. The van der Waals surface area contributed by atoms with Crippen LogP contribution >= 0.6 is 0 Å². The summed E-state index contributed by atoms with van der Waals surface area (Å²) >= 11 is 0. The predicted octanol–water partition coefficient (Wildman–Crippen LogP) is 3.51. The van der Waals surface area contributed by atoms with Crippen LogP contribution in [0.15, 0.2) is 18.2 Å². The van der Waals surface area contributed by atoms with Crippen molar-refractivity contribution in [1.29, 1.82) is 0 Å². The van der Waals surface area contributed by atoms with E-state index < -0.39 is 0 Å². The number of hydrogen-bond donors (Lipinski definition) is 0. The van der Waals surface area contributed by atoms with Crippen molar-refractivity contribution < 1.29 is 9.18 Å². The van der Waals surface area contributed by atoms with E-state index >= 15 is 0 Å². The molecular formula is C15H20FNO. The highest BCUT2D eigenvalue weighted by atomic mass is 19.1. The second kappa shape index (κ2) is 5.51. The fourth-order valence-electron chi connectivity index (χ4n) is 2.75. The zero-order valence-corrected chi connectivity index (χ0v) is 11.0. The van der Waals surface area contributed by atoms with Gasteiger partial charge in [0, 0.05) is 18.7 Å². The monoisotopic (exact) mass is 249 g/mol. The number of aldehydes is 1. The molecule has 0 aromatic heterocycles. The van der Waals surface area contributed by atoms with Crippen molar-refractivity contribution >= 4 is 12.0 Å². The number of para-hydroxylation sites is 1. The highest BCUT2D eigenvalue weighted by Crippen LogP contribution is 2.30. The summed E-state index contributed by atoms with van der Waals surface area (Å²) in [5, 5.41) is 0. The Morgan fingerprint density at radius 2 is 2.00 bits per heavy atom. The molecule has 0 spiro atoms. The molecular weight excluding hydrogens is 229 g/mol. The molecule has 3 heteroatoms. The average Bonchev–Trinajstić information content (AvgIpc) is 2.38. The Labute approximate surface area is 108 Å². The SMILES string of the molecule is CC(C)C1CCN(c2c(F)cccc2C=O)CC1. The molecule has 0 N–H and O–H groups in total. The van der Waals surface area contributed by atoms with Crippen LogP contribution < -0.4 is 4.90 Å². The zero-order valence-electron chi connectivity index (χ0n) is 11.0. The van der Waals surface area contributed by atoms with Crippen LogP contribution in [0.4, 0.5) is 10.1 Å². The van der Waals surface area contributed by atoms with Gasteiger partial charge in [0.05, 0.1) is 5.69 Å². The van der Waals surface area contributed by atoms with Gasteiger partial charge in [-0.25, -0.2) is 4.39 Å². The number of nitrogens with zero attached hydrogens (tertiary/aromatic N) is 1. The Hall–Kier alpha value is -1.38. The van der Waals surface area contributed by atoms with E-state index in [0.717, 1.165) is 32.2 Å². The molecule has 0 bridgehead atoms. The summed E-state index contributed by atoms with van der Waals surface area (Å²) in [6.07, 6.45) is 2.89. The van der Waals surface area contributed by atoms with Gasteiger partial charge >= 0.3 is 0 Å². The molecule has 0 aliphatic carbocycles. The number of benzene rings is 1. The van der Waals surface area contributed by atoms with Crippen LogP contribution in [0.25, 0.3) is 0 Å². The third-order valence-corrected chi connectivity index (χ3v) is 3.94. The van der Waals surface area contributed by atoms with Gasteiger partial charge in [-0.15, -0.1) is 0 Å². The van der Waals surface area contributed by atoms with Crippen LogP contribution in [-0.4, -0.2) is 19.4 Å². The van der Waals surface area contributed by atoms with Gasteiger partial charge < -0.3 is 4.90 Å². The maximum atomic E-state index is 13.9. The number of carbonyl (C=O) groups excluding carboxylic acids is 1. The summed E-state index contributed by atoms with van der Waals surface area (Å²) in [4.78, 5) is 13.0. The van der Waals surface area contributed by atoms with Gasteiger partial charge in [0.25, 0.3) is 0 Å². The Morgan fingerprint density at radius 1 is 1.33 bits per heavy atom. The Bertz CT molecular complexity index is 423. The lowest BCUT2D eigenvalue weighted by molar-refractivity contribution is 0.112. The van der Waals surface area contributed by atoms with Gasteiger partial charge in [-0.1, -0.05) is 19.9 Å². The number of anilines is 1. The first-order valence-electron chi connectivity index (χ1n) is 6.62. The second-order valence-electron chi connectivity index (χ2n) is 5.36. The molecule has 1 saturated heterocycles. The van der Waals surface area contributed by atoms with Crippen molar-refractivity contribution in [2.45, 2.75) is 26.7 Å². The largest absolute Gasteiger partial charge is 0.369 e. The first kappa shape index (κ1) is 13.1. The summed E-state index contributed by atoms with van der Waals surface area (Å²) in [6, 6.07) is 4.69. The summed E-state index contributed by atoms with van der Waals surface area (Å²) < 4.78 is 13.9. The van der Waals surface area contributed by atoms with E-state index in [0.29, 0.717) is 23.1 Å². The number of piperidine rings is 1. The highest BCUT2D eigenvalue weighted by molar-refractivity contribution is 5.84. The molecule has 1 aliphatic rings. The molecule has 1 aromatic carbocycles. The second-order valence-corrected chi connectivity index (χ2v) is 5.36. The highest BCUT2D eigenvalue weighted by Gasteiger charge is 2.24. The van der Waals surface area contributed by atoms with Crippen LogP contribution in [0.5, 0.6) is 0 Å². The first-order valence-corrected chi connectivity index (χ1v) is 6.62. The van der Waals surface area contributed by atoms with Crippen molar-refractivity contribution in [1.82, 2.24) is 0 Å². The minimum Gasteiger partial charge on any atom is -0.369 e. The Kier molecular flexibility index (Phi) is 4.00. The van der Waals surface area contributed by atoms with Crippen molar-refractivity contribution in [3.05, 3.63) is 29.6 Å². The van der Waals surface area contributed by atoms with E-state index in [-0.39, 0.29) is 5.82 Å². The van der Waals surface area contributed by atoms with E-state index in [1.165, 1.54) is 6.07 Å². The maximum Gasteiger partial charge on any atom is 0.152 e. The van der Waals surface area contributed by atoms with Crippen LogP contribution in [0.1, 0.15) is 37.0 Å². The van der Waals surface area contributed by atoms with Crippen molar-refractivity contribution in [2.24, 2.45) is 11.8 Å². The standard InChI is InChI=1S/C15H20FNO/c1-11(2)12-6-8-17(9-7-12)15-13(10-18)4-3-5-14(15)16/h3-5,10-12H,6-9H2,1-2H3. The first-order chi connectivity index (χ1) is 8.63. The Morgan fingerprint density at radius 3 is 2.56 bits per heavy atom. The van der Waals surface area contributed by atoms with Gasteiger partial charge in [-0.3, -0.25) is 4.79 Å². The lowest BCUT2D eigenvalue weighted by Crippen LogP contribution is -2.36. The number of hydrogen-bond acceptors (Lipinski definition) is 2. The molecule has 98 valence electrons. The van der Waals surface area contributed by atoms with Crippen molar-refractivity contribution in [3.8, 4) is 0 Å². The topological polar surface area (TPSA) is 20.3 Å².